The molecule has 94 valence electrons. The number of nitrogens with two attached hydrogens (primary N) is 2. The zero-order chi connectivity index (χ0) is 13.3. The second kappa shape index (κ2) is 4.28. The molecular weight excluding hydrogens is 236 g/mol. The van der Waals surface area contributed by atoms with Crippen LogP contribution in [0, 0.1) is 0 Å². The molecule has 1 aromatic carbocycles. The normalized spacial score (nSPS) is 10.3. The first-order valence-corrected chi connectivity index (χ1v) is 5.09. The van der Waals surface area contributed by atoms with Gasteiger partial charge in [0.1, 0.15) is 17.3 Å². The monoisotopic (exact) mass is 248 g/mol. The second-order valence-corrected chi connectivity index (χ2v) is 3.60. The number of anilines is 2. The van der Waals surface area contributed by atoms with Crippen molar-refractivity contribution in [1.82, 2.24) is 9.55 Å². The molecule has 0 aliphatic rings. The van der Waals surface area contributed by atoms with Crippen molar-refractivity contribution in [2.75, 3.05) is 18.6 Å². The average molecular weight is 248 g/mol. The van der Waals surface area contributed by atoms with E-state index in [1.165, 1.54) is 7.11 Å². The Morgan fingerprint density at radius 1 is 1.28 bits per heavy atom. The van der Waals surface area contributed by atoms with Crippen LogP contribution < -0.4 is 27.5 Å². The van der Waals surface area contributed by atoms with Gasteiger partial charge in [0.25, 0.3) is 5.56 Å². The van der Waals surface area contributed by atoms with Crippen LogP contribution in [0.3, 0.4) is 0 Å². The second-order valence-electron chi connectivity index (χ2n) is 3.60. The third kappa shape index (κ3) is 1.81. The Bertz CT molecular complexity index is 702. The van der Waals surface area contributed by atoms with Crippen LogP contribution in [0.1, 0.15) is 0 Å². The van der Waals surface area contributed by atoms with Gasteiger partial charge >= 0.3 is 5.69 Å². The largest absolute Gasteiger partial charge is 0.497 e. The standard InChI is InChI=1S/C11H12N4O3/c1-18-7-4-2-3-6(5-7)15-9(13)8(12)10(16)14-11(15)17/h2-5H,12-13H2,1H3,(H,14,16,17). The summed E-state index contributed by atoms with van der Waals surface area (Å²) < 4.78 is 6.16. The Morgan fingerprint density at radius 2 is 2.00 bits per heavy atom. The lowest BCUT2D eigenvalue weighted by molar-refractivity contribution is 0.414. The third-order valence-electron chi connectivity index (χ3n) is 2.50. The van der Waals surface area contributed by atoms with E-state index >= 15 is 0 Å². The lowest BCUT2D eigenvalue weighted by Gasteiger charge is -2.11. The molecule has 7 nitrogen and oxygen atoms in total. The number of nitrogens with zero attached hydrogens (tertiary/aromatic N) is 1. The van der Waals surface area contributed by atoms with E-state index in [2.05, 4.69) is 4.98 Å². The molecule has 1 aromatic heterocycles. The van der Waals surface area contributed by atoms with Crippen LogP contribution in [0.25, 0.3) is 5.69 Å². The molecule has 0 fully saturated rings. The molecule has 0 saturated heterocycles. The van der Waals surface area contributed by atoms with Gasteiger partial charge in [-0.2, -0.15) is 0 Å². The molecule has 0 saturated carbocycles. The number of benzene rings is 1. The van der Waals surface area contributed by atoms with E-state index in [1.807, 2.05) is 0 Å². The summed E-state index contributed by atoms with van der Waals surface area (Å²) in [6.07, 6.45) is 0. The molecule has 0 amide bonds. The highest BCUT2D eigenvalue weighted by atomic mass is 16.5. The third-order valence-corrected chi connectivity index (χ3v) is 2.50. The van der Waals surface area contributed by atoms with E-state index in [0.29, 0.717) is 11.4 Å². The molecule has 0 aliphatic heterocycles. The Kier molecular flexibility index (Phi) is 2.80. The van der Waals surface area contributed by atoms with Crippen LogP contribution >= 0.6 is 0 Å². The number of rotatable bonds is 2. The average Bonchev–Trinajstić information content (AvgIpc) is 2.36. The highest BCUT2D eigenvalue weighted by Gasteiger charge is 2.11. The molecule has 0 bridgehead atoms. The van der Waals surface area contributed by atoms with E-state index in [1.54, 1.807) is 24.3 Å². The van der Waals surface area contributed by atoms with Crippen molar-refractivity contribution in [2.24, 2.45) is 0 Å². The summed E-state index contributed by atoms with van der Waals surface area (Å²) in [7, 11) is 1.51. The molecule has 18 heavy (non-hydrogen) atoms. The summed E-state index contributed by atoms with van der Waals surface area (Å²) in [5, 5.41) is 0. The van der Waals surface area contributed by atoms with Crippen LogP contribution in [-0.4, -0.2) is 16.7 Å². The summed E-state index contributed by atoms with van der Waals surface area (Å²) in [5.74, 6) is 0.459. The van der Waals surface area contributed by atoms with E-state index in [-0.39, 0.29) is 11.5 Å². The fourth-order valence-corrected chi connectivity index (χ4v) is 1.57. The van der Waals surface area contributed by atoms with E-state index in [9.17, 15) is 9.59 Å². The Hall–Kier alpha value is -2.70. The van der Waals surface area contributed by atoms with Gasteiger partial charge in [0.05, 0.1) is 12.8 Å². The zero-order valence-electron chi connectivity index (χ0n) is 9.64. The van der Waals surface area contributed by atoms with Gasteiger partial charge in [0, 0.05) is 6.07 Å². The number of aromatic nitrogens is 2. The molecular formula is C11H12N4O3. The molecule has 1 heterocycles. The zero-order valence-corrected chi connectivity index (χ0v) is 9.64. The number of hydrogen-bond acceptors (Lipinski definition) is 5. The first-order chi connectivity index (χ1) is 8.54. The topological polar surface area (TPSA) is 116 Å². The molecule has 7 heteroatoms. The number of ether oxygens (including phenoxy) is 1. The van der Waals surface area contributed by atoms with Gasteiger partial charge in [-0.15, -0.1) is 0 Å². The molecule has 0 unspecified atom stereocenters. The first-order valence-electron chi connectivity index (χ1n) is 5.09. The molecule has 0 radical (unpaired) electrons. The first kappa shape index (κ1) is 11.8. The van der Waals surface area contributed by atoms with Crippen LogP contribution in [0.4, 0.5) is 11.5 Å². The van der Waals surface area contributed by atoms with Crippen molar-refractivity contribution < 1.29 is 4.74 Å². The summed E-state index contributed by atoms with van der Waals surface area (Å²) >= 11 is 0. The summed E-state index contributed by atoms with van der Waals surface area (Å²) in [5.41, 5.74) is 10.1. The van der Waals surface area contributed by atoms with Crippen LogP contribution in [0.2, 0.25) is 0 Å². The van der Waals surface area contributed by atoms with E-state index in [0.717, 1.165) is 4.57 Å². The van der Waals surface area contributed by atoms with E-state index in [4.69, 9.17) is 16.2 Å². The molecule has 2 aromatic rings. The number of H-pyrrole nitrogens is 1. The quantitative estimate of drug-likeness (QED) is 0.674. The van der Waals surface area contributed by atoms with Crippen molar-refractivity contribution in [2.45, 2.75) is 0 Å². The van der Waals surface area contributed by atoms with Gasteiger partial charge in [-0.25, -0.2) is 9.36 Å². The van der Waals surface area contributed by atoms with Gasteiger partial charge in [-0.05, 0) is 12.1 Å². The smallest absolute Gasteiger partial charge is 0.334 e. The maximum Gasteiger partial charge on any atom is 0.334 e. The Balaban J connectivity index is 2.75. The van der Waals surface area contributed by atoms with Gasteiger partial charge in [-0.3, -0.25) is 9.78 Å². The van der Waals surface area contributed by atoms with Gasteiger partial charge in [0.2, 0.25) is 0 Å². The van der Waals surface area contributed by atoms with Crippen LogP contribution in [-0.2, 0) is 0 Å². The minimum atomic E-state index is -0.698. The molecule has 2 rings (SSSR count). The lowest BCUT2D eigenvalue weighted by atomic mass is 10.3. The maximum absolute atomic E-state index is 11.7. The summed E-state index contributed by atoms with van der Waals surface area (Å²) in [6.45, 7) is 0. The van der Waals surface area contributed by atoms with Gasteiger partial charge < -0.3 is 16.2 Å². The van der Waals surface area contributed by atoms with Gasteiger partial charge in [0.15, 0.2) is 0 Å². The van der Waals surface area contributed by atoms with Crippen molar-refractivity contribution >= 4 is 11.5 Å². The number of hydrogen-bond donors (Lipinski definition) is 3. The van der Waals surface area contributed by atoms with Crippen LogP contribution in [0.5, 0.6) is 5.75 Å². The fourth-order valence-electron chi connectivity index (χ4n) is 1.57. The van der Waals surface area contributed by atoms with Crippen molar-refractivity contribution in [3.05, 3.63) is 45.1 Å². The lowest BCUT2D eigenvalue weighted by Crippen LogP contribution is -2.32. The van der Waals surface area contributed by atoms with E-state index < -0.39 is 11.2 Å². The van der Waals surface area contributed by atoms with Crippen molar-refractivity contribution in [3.8, 4) is 11.4 Å². The number of nitrogen functional groups attached to an aromatic ring is 2. The predicted octanol–water partition coefficient (Wildman–Crippen LogP) is -0.301. The molecule has 5 N–H and O–H groups in total. The minimum Gasteiger partial charge on any atom is -0.497 e. The maximum atomic E-state index is 11.7. The summed E-state index contributed by atoms with van der Waals surface area (Å²) in [6, 6.07) is 6.68. The number of nitrogens with one attached hydrogen (secondary N) is 1. The van der Waals surface area contributed by atoms with Crippen LogP contribution in [0.15, 0.2) is 33.9 Å². The molecule has 0 atom stereocenters. The number of aromatic amines is 1. The SMILES string of the molecule is COc1cccc(-n2c(N)c(N)c(=O)[nH]c2=O)c1. The highest BCUT2D eigenvalue weighted by molar-refractivity contribution is 5.60. The fraction of sp³-hybridized carbons (Fsp3) is 0.0909. The van der Waals surface area contributed by atoms with Crippen molar-refractivity contribution in [3.63, 3.8) is 0 Å². The van der Waals surface area contributed by atoms with Gasteiger partial charge in [-0.1, -0.05) is 6.07 Å². The Labute approximate surface area is 102 Å². The highest BCUT2D eigenvalue weighted by Crippen LogP contribution is 2.18. The molecule has 0 aliphatic carbocycles. The number of methoxy groups -OCH3 is 1. The summed E-state index contributed by atoms with van der Waals surface area (Å²) in [4.78, 5) is 25.1. The molecule has 0 spiro atoms. The predicted molar refractivity (Wildman–Crippen MR) is 68.0 cm³/mol. The van der Waals surface area contributed by atoms with Crippen molar-refractivity contribution in [1.29, 1.82) is 0 Å². The minimum absolute atomic E-state index is 0.1000. The Morgan fingerprint density at radius 3 is 2.67 bits per heavy atom.